The third-order valence-corrected chi connectivity index (χ3v) is 1.89. The Kier molecular flexibility index (Phi) is 9.89. The highest BCUT2D eigenvalue weighted by atomic mass is 19.3. The first-order chi connectivity index (χ1) is 8.10. The second-order valence-corrected chi connectivity index (χ2v) is 3.27. The molecule has 0 heterocycles. The highest BCUT2D eigenvalue weighted by Crippen LogP contribution is 1.97. The Balaban J connectivity index is 3.63. The van der Waals surface area contributed by atoms with E-state index in [-0.39, 0.29) is 39.5 Å². The molecule has 1 N–H and O–H groups in total. The molecule has 0 amide bonds. The molecule has 5 nitrogen and oxygen atoms in total. The van der Waals surface area contributed by atoms with Gasteiger partial charge < -0.3 is 14.6 Å². The number of carbonyl (C=O) groups is 1. The lowest BCUT2D eigenvalue weighted by Crippen LogP contribution is -2.34. The molecule has 0 saturated carbocycles. The van der Waals surface area contributed by atoms with Crippen LogP contribution in [0.4, 0.5) is 8.78 Å². The van der Waals surface area contributed by atoms with E-state index in [9.17, 15) is 13.6 Å². The van der Waals surface area contributed by atoms with Gasteiger partial charge >= 0.3 is 5.97 Å². The fraction of sp³-hybridized carbons (Fsp3) is 0.900. The molecule has 0 atom stereocenters. The molecule has 0 unspecified atom stereocenters. The number of aliphatic hydroxyl groups excluding tert-OH is 1. The molecule has 0 aromatic rings. The second kappa shape index (κ2) is 10.4. The van der Waals surface area contributed by atoms with Gasteiger partial charge in [-0.05, 0) is 6.92 Å². The van der Waals surface area contributed by atoms with E-state index in [0.29, 0.717) is 0 Å². The SMILES string of the molecule is CCOC(=O)COCCN(CCO)CC(F)F. The second-order valence-electron chi connectivity index (χ2n) is 3.27. The molecule has 0 fully saturated rings. The summed E-state index contributed by atoms with van der Waals surface area (Å²) in [6.45, 7) is 1.72. The molecule has 7 heteroatoms. The molecule has 0 aromatic carbocycles. The number of nitrogens with zero attached hydrogens (tertiary/aromatic N) is 1. The normalized spacial score (nSPS) is 11.2. The minimum absolute atomic E-state index is 0.144. The van der Waals surface area contributed by atoms with Crippen molar-refractivity contribution in [2.45, 2.75) is 13.3 Å². The summed E-state index contributed by atoms with van der Waals surface area (Å²) in [5.74, 6) is -0.477. The summed E-state index contributed by atoms with van der Waals surface area (Å²) in [5, 5.41) is 8.66. The standard InChI is InChI=1S/C10H19F2NO4/c1-2-17-10(15)8-16-6-4-13(3-5-14)7-9(11)12/h9,14H,2-8H2,1H3. The van der Waals surface area contributed by atoms with Crippen molar-refractivity contribution in [1.82, 2.24) is 4.90 Å². The van der Waals surface area contributed by atoms with E-state index in [1.807, 2.05) is 0 Å². The predicted molar refractivity (Wildman–Crippen MR) is 57.0 cm³/mol. The molecule has 17 heavy (non-hydrogen) atoms. The number of hydrogen-bond acceptors (Lipinski definition) is 5. The van der Waals surface area contributed by atoms with Crippen LogP contribution in [-0.2, 0) is 14.3 Å². The van der Waals surface area contributed by atoms with Gasteiger partial charge in [0.2, 0.25) is 0 Å². The van der Waals surface area contributed by atoms with Crippen LogP contribution in [0.5, 0.6) is 0 Å². The molecule has 0 aliphatic heterocycles. The topological polar surface area (TPSA) is 59.0 Å². The maximum absolute atomic E-state index is 12.1. The summed E-state index contributed by atoms with van der Waals surface area (Å²) in [7, 11) is 0. The lowest BCUT2D eigenvalue weighted by atomic mass is 10.4. The van der Waals surface area contributed by atoms with Gasteiger partial charge in [0, 0.05) is 13.1 Å². The Morgan fingerprint density at radius 3 is 2.65 bits per heavy atom. The Morgan fingerprint density at radius 1 is 1.41 bits per heavy atom. The van der Waals surface area contributed by atoms with Crippen LogP contribution in [-0.4, -0.2) is 68.5 Å². The molecule has 0 radical (unpaired) electrons. The number of rotatable bonds is 10. The van der Waals surface area contributed by atoms with Crippen molar-refractivity contribution >= 4 is 5.97 Å². The molecule has 0 saturated heterocycles. The Labute approximate surface area is 99.3 Å². The number of ether oxygens (including phenoxy) is 2. The number of hydrogen-bond donors (Lipinski definition) is 1. The molecule has 0 aliphatic rings. The van der Waals surface area contributed by atoms with Crippen molar-refractivity contribution < 1.29 is 28.2 Å². The first kappa shape index (κ1) is 16.2. The molecule has 0 bridgehead atoms. The summed E-state index contributed by atoms with van der Waals surface area (Å²) in [5.41, 5.74) is 0. The quantitative estimate of drug-likeness (QED) is 0.444. The molecular weight excluding hydrogens is 236 g/mol. The summed E-state index contributed by atoms with van der Waals surface area (Å²) >= 11 is 0. The zero-order valence-corrected chi connectivity index (χ0v) is 9.90. The van der Waals surface area contributed by atoms with Gasteiger partial charge in [-0.3, -0.25) is 4.90 Å². The van der Waals surface area contributed by atoms with Crippen LogP contribution in [0.2, 0.25) is 0 Å². The van der Waals surface area contributed by atoms with Crippen LogP contribution < -0.4 is 0 Å². The average molecular weight is 255 g/mol. The summed E-state index contributed by atoms with van der Waals surface area (Å²) < 4.78 is 33.8. The highest BCUT2D eigenvalue weighted by Gasteiger charge is 2.11. The lowest BCUT2D eigenvalue weighted by Gasteiger charge is -2.20. The van der Waals surface area contributed by atoms with E-state index >= 15 is 0 Å². The van der Waals surface area contributed by atoms with Gasteiger partial charge in [-0.2, -0.15) is 0 Å². The Bertz CT molecular complexity index is 205. The predicted octanol–water partition coefficient (Wildman–Crippen LogP) is 0.125. The van der Waals surface area contributed by atoms with E-state index in [1.54, 1.807) is 6.92 Å². The monoisotopic (exact) mass is 255 g/mol. The average Bonchev–Trinajstić information content (AvgIpc) is 2.24. The van der Waals surface area contributed by atoms with Crippen molar-refractivity contribution in [3.63, 3.8) is 0 Å². The zero-order chi connectivity index (χ0) is 13.1. The third-order valence-electron chi connectivity index (χ3n) is 1.89. The fourth-order valence-corrected chi connectivity index (χ4v) is 1.18. The van der Waals surface area contributed by atoms with Crippen molar-refractivity contribution in [1.29, 1.82) is 0 Å². The van der Waals surface area contributed by atoms with Gasteiger partial charge in [-0.25, -0.2) is 13.6 Å². The number of esters is 1. The summed E-state index contributed by atoms with van der Waals surface area (Å²) in [6.07, 6.45) is -2.45. The van der Waals surface area contributed by atoms with Crippen LogP contribution in [0.1, 0.15) is 6.92 Å². The molecular formula is C10H19F2NO4. The minimum Gasteiger partial charge on any atom is -0.464 e. The number of aliphatic hydroxyl groups is 1. The van der Waals surface area contributed by atoms with Crippen LogP contribution in [0.15, 0.2) is 0 Å². The summed E-state index contributed by atoms with van der Waals surface area (Å²) in [4.78, 5) is 12.2. The van der Waals surface area contributed by atoms with Crippen molar-refractivity contribution in [2.75, 3.05) is 46.1 Å². The minimum atomic E-state index is -2.45. The van der Waals surface area contributed by atoms with Crippen LogP contribution in [0, 0.1) is 0 Å². The van der Waals surface area contributed by atoms with Crippen LogP contribution in [0.25, 0.3) is 0 Å². The van der Waals surface area contributed by atoms with Gasteiger partial charge in [0.25, 0.3) is 6.43 Å². The maximum atomic E-state index is 12.1. The fourth-order valence-electron chi connectivity index (χ4n) is 1.18. The molecule has 0 rings (SSSR count). The van der Waals surface area contributed by atoms with Crippen molar-refractivity contribution in [3.05, 3.63) is 0 Å². The van der Waals surface area contributed by atoms with Crippen molar-refractivity contribution in [2.24, 2.45) is 0 Å². The lowest BCUT2D eigenvalue weighted by molar-refractivity contribution is -0.148. The number of carbonyl (C=O) groups excluding carboxylic acids is 1. The summed E-state index contributed by atoms with van der Waals surface area (Å²) in [6, 6.07) is 0. The first-order valence-corrected chi connectivity index (χ1v) is 5.44. The smallest absolute Gasteiger partial charge is 0.332 e. The Morgan fingerprint density at radius 2 is 2.12 bits per heavy atom. The largest absolute Gasteiger partial charge is 0.464 e. The van der Waals surface area contributed by atoms with E-state index in [1.165, 1.54) is 4.90 Å². The molecule has 0 spiro atoms. The first-order valence-electron chi connectivity index (χ1n) is 5.44. The molecule has 102 valence electrons. The zero-order valence-electron chi connectivity index (χ0n) is 9.90. The van der Waals surface area contributed by atoms with Crippen LogP contribution in [0.3, 0.4) is 0 Å². The molecule has 0 aromatic heterocycles. The van der Waals surface area contributed by atoms with Crippen LogP contribution >= 0.6 is 0 Å². The van der Waals surface area contributed by atoms with E-state index in [4.69, 9.17) is 9.84 Å². The van der Waals surface area contributed by atoms with Gasteiger partial charge in [0.15, 0.2) is 0 Å². The van der Waals surface area contributed by atoms with E-state index in [2.05, 4.69) is 4.74 Å². The third kappa shape index (κ3) is 10.1. The van der Waals surface area contributed by atoms with Gasteiger partial charge in [0.05, 0.1) is 26.4 Å². The number of alkyl halides is 2. The van der Waals surface area contributed by atoms with E-state index in [0.717, 1.165) is 0 Å². The molecule has 0 aliphatic carbocycles. The van der Waals surface area contributed by atoms with Gasteiger partial charge in [-0.1, -0.05) is 0 Å². The maximum Gasteiger partial charge on any atom is 0.332 e. The Hall–Kier alpha value is -0.790. The van der Waals surface area contributed by atoms with Gasteiger partial charge in [0.1, 0.15) is 6.61 Å². The number of halogens is 2. The van der Waals surface area contributed by atoms with Gasteiger partial charge in [-0.15, -0.1) is 0 Å². The highest BCUT2D eigenvalue weighted by molar-refractivity contribution is 5.70. The van der Waals surface area contributed by atoms with Crippen molar-refractivity contribution in [3.8, 4) is 0 Å². The van der Waals surface area contributed by atoms with E-state index < -0.39 is 18.9 Å².